The van der Waals surface area contributed by atoms with E-state index in [1.165, 1.54) is 79.4 Å². The summed E-state index contributed by atoms with van der Waals surface area (Å²) in [4.78, 5) is 42.6. The van der Waals surface area contributed by atoms with Gasteiger partial charge in [-0.25, -0.2) is 0 Å². The van der Waals surface area contributed by atoms with Crippen molar-refractivity contribution in [1.29, 1.82) is 0 Å². The van der Waals surface area contributed by atoms with Crippen molar-refractivity contribution in [2.45, 2.75) is 179 Å². The van der Waals surface area contributed by atoms with Gasteiger partial charge in [0, 0.05) is 30.8 Å². The van der Waals surface area contributed by atoms with Gasteiger partial charge in [-0.05, 0) is 146 Å². The lowest BCUT2D eigenvalue weighted by Gasteiger charge is -2.44. The van der Waals surface area contributed by atoms with Crippen LogP contribution in [0.25, 0.3) is 5.57 Å². The number of hydrogen-bond acceptors (Lipinski definition) is 8. The SMILES string of the molecule is CC(C)C(N)C(=O)N1C2CCC(C2)CC1C1N=C(c2ccc(C3=CC=C(C4=CCC5=NC(C6C7CCC(C7)N6C(=O)C(N)C(C)C)NC5C4)C4CCC5(CCCC5)C34)cc2)CN1. The number of allylic oxidation sites excluding steroid dienone is 5. The standard InChI is InChI=1S/C52H72N8O2/c1-28(2)45(53)50(61)59-35-14-7-30(23-35)24-43(59)48-55-27-42(58-48)32-10-8-31(9-11-32)38-17-16-37(39-19-22-52(44(38)39)20-5-6-21-52)33-13-18-40-41(26-33)57-49(56-40)47-34-12-15-36(25-34)60(47)51(62)46(54)29(3)4/h8-11,13,16-17,28-30,34-36,39,41,43-49,55,57H,5-7,12,14-15,18-27,53-54H2,1-4H3. The molecule has 0 aromatic heterocycles. The van der Waals surface area contributed by atoms with Gasteiger partial charge in [0.15, 0.2) is 0 Å². The maximum Gasteiger partial charge on any atom is 0.240 e. The topological polar surface area (TPSA) is 141 Å². The third kappa shape index (κ3) is 6.77. The number of aliphatic imine (C=N–C) groups is 2. The molecule has 4 saturated carbocycles. The van der Waals surface area contributed by atoms with Gasteiger partial charge in [-0.2, -0.15) is 0 Å². The number of benzene rings is 1. The van der Waals surface area contributed by atoms with Crippen molar-refractivity contribution in [3.05, 3.63) is 64.8 Å². The molecule has 0 radical (unpaired) electrons. The molecule has 6 aliphatic carbocycles. The molecule has 11 rings (SSSR count). The molecule has 13 unspecified atom stereocenters. The van der Waals surface area contributed by atoms with E-state index in [9.17, 15) is 9.59 Å². The highest BCUT2D eigenvalue weighted by Crippen LogP contribution is 2.64. The number of nitrogens with one attached hydrogen (secondary N) is 2. The molecule has 1 aromatic carbocycles. The second-order valence-electron chi connectivity index (χ2n) is 22.2. The highest BCUT2D eigenvalue weighted by Gasteiger charge is 2.56. The Labute approximate surface area is 370 Å². The van der Waals surface area contributed by atoms with Crippen LogP contribution in [-0.2, 0) is 9.59 Å². The van der Waals surface area contributed by atoms with E-state index < -0.39 is 12.1 Å². The van der Waals surface area contributed by atoms with Gasteiger partial charge < -0.3 is 21.3 Å². The van der Waals surface area contributed by atoms with Crippen molar-refractivity contribution < 1.29 is 9.59 Å². The monoisotopic (exact) mass is 841 g/mol. The average Bonchev–Trinajstić information content (AvgIpc) is 4.16. The Kier molecular flexibility index (Phi) is 10.6. The first-order valence-electron chi connectivity index (χ1n) is 25.0. The Morgan fingerprint density at radius 2 is 1.47 bits per heavy atom. The van der Waals surface area contributed by atoms with Gasteiger partial charge in [0.25, 0.3) is 0 Å². The summed E-state index contributed by atoms with van der Waals surface area (Å²) < 4.78 is 0. The summed E-state index contributed by atoms with van der Waals surface area (Å²) in [7, 11) is 0. The van der Waals surface area contributed by atoms with Gasteiger partial charge in [-0.3, -0.25) is 30.2 Å². The molecule has 13 atom stereocenters. The zero-order valence-electron chi connectivity index (χ0n) is 37.8. The number of nitrogens with zero attached hydrogens (tertiary/aromatic N) is 4. The molecule has 1 aromatic rings. The Morgan fingerprint density at radius 1 is 0.774 bits per heavy atom. The van der Waals surface area contributed by atoms with Crippen LogP contribution >= 0.6 is 0 Å². The van der Waals surface area contributed by atoms with Gasteiger partial charge in [-0.1, -0.05) is 83.0 Å². The molecule has 6 fully saturated rings. The van der Waals surface area contributed by atoms with Gasteiger partial charge >= 0.3 is 0 Å². The molecule has 2 saturated heterocycles. The van der Waals surface area contributed by atoms with Crippen LogP contribution in [0.5, 0.6) is 0 Å². The lowest BCUT2D eigenvalue weighted by molar-refractivity contribution is -0.141. The Balaban J connectivity index is 0.819. The zero-order chi connectivity index (χ0) is 42.6. The van der Waals surface area contributed by atoms with E-state index in [2.05, 4.69) is 90.6 Å². The number of amides is 2. The molecule has 6 N–H and O–H groups in total. The minimum absolute atomic E-state index is 0.0381. The number of nitrogens with two attached hydrogens (primary N) is 2. The first-order valence-corrected chi connectivity index (χ1v) is 25.0. The number of likely N-dealkylation sites (tertiary alicyclic amines) is 2. The predicted octanol–water partition coefficient (Wildman–Crippen LogP) is 6.89. The highest BCUT2D eigenvalue weighted by molar-refractivity contribution is 6.03. The first kappa shape index (κ1) is 41.3. The van der Waals surface area contributed by atoms with Crippen LogP contribution in [-0.4, -0.2) is 94.2 Å². The molecule has 10 nitrogen and oxygen atoms in total. The van der Waals surface area contributed by atoms with E-state index in [1.54, 1.807) is 5.57 Å². The van der Waals surface area contributed by atoms with Crippen molar-refractivity contribution in [1.82, 2.24) is 20.4 Å². The van der Waals surface area contributed by atoms with E-state index in [0.717, 1.165) is 57.2 Å². The van der Waals surface area contributed by atoms with E-state index in [4.69, 9.17) is 21.5 Å². The number of carbonyl (C=O) groups is 2. The lowest BCUT2D eigenvalue weighted by Crippen LogP contribution is -2.60. The summed E-state index contributed by atoms with van der Waals surface area (Å²) in [6.07, 6.45) is 25.0. The van der Waals surface area contributed by atoms with E-state index in [1.807, 2.05) is 0 Å². The van der Waals surface area contributed by atoms with Crippen LogP contribution < -0.4 is 22.1 Å². The van der Waals surface area contributed by atoms with Crippen molar-refractivity contribution in [3.63, 3.8) is 0 Å². The largest absolute Gasteiger partial charge is 0.332 e. The maximum absolute atomic E-state index is 13.8. The number of piperidine rings is 2. The Bertz CT molecular complexity index is 2110. The Morgan fingerprint density at radius 3 is 2.23 bits per heavy atom. The van der Waals surface area contributed by atoms with Gasteiger partial charge in [0.1, 0.15) is 12.3 Å². The third-order valence-corrected chi connectivity index (χ3v) is 18.2. The van der Waals surface area contributed by atoms with Crippen molar-refractivity contribution in [3.8, 4) is 0 Å². The number of hydrogen-bond donors (Lipinski definition) is 4. The minimum atomic E-state index is -0.467. The highest BCUT2D eigenvalue weighted by atomic mass is 16.2. The zero-order valence-corrected chi connectivity index (χ0v) is 37.8. The molecule has 10 heteroatoms. The van der Waals surface area contributed by atoms with Crippen LogP contribution in [0.15, 0.2) is 63.6 Å². The smallest absolute Gasteiger partial charge is 0.240 e. The fraction of sp³-hybridized carbons (Fsp3) is 0.692. The molecule has 4 aliphatic heterocycles. The summed E-state index contributed by atoms with van der Waals surface area (Å²) in [6, 6.07) is 9.44. The number of rotatable bonds is 9. The van der Waals surface area contributed by atoms with Crippen LogP contribution in [0, 0.1) is 40.9 Å². The maximum atomic E-state index is 13.8. The summed E-state index contributed by atoms with van der Waals surface area (Å²) >= 11 is 0. The number of fused-ring (bicyclic) bond motifs is 7. The first-order chi connectivity index (χ1) is 30.0. The molecule has 62 heavy (non-hydrogen) atoms. The summed E-state index contributed by atoms with van der Waals surface area (Å²) in [6.45, 7) is 8.94. The van der Waals surface area contributed by atoms with Gasteiger partial charge in [-0.15, -0.1) is 0 Å². The molecule has 4 bridgehead atoms. The molecular weight excluding hydrogens is 769 g/mol. The second kappa shape index (κ2) is 15.9. The molecule has 10 aliphatic rings. The van der Waals surface area contributed by atoms with Gasteiger partial charge in [0.2, 0.25) is 11.8 Å². The van der Waals surface area contributed by atoms with Gasteiger partial charge in [0.05, 0.1) is 35.9 Å². The van der Waals surface area contributed by atoms with Crippen LogP contribution in [0.3, 0.4) is 0 Å². The van der Waals surface area contributed by atoms with Crippen LogP contribution in [0.4, 0.5) is 0 Å². The van der Waals surface area contributed by atoms with E-state index in [-0.39, 0.29) is 54.1 Å². The fourth-order valence-electron chi connectivity index (χ4n) is 14.9. The summed E-state index contributed by atoms with van der Waals surface area (Å²) in [5.74, 6) is 2.72. The second-order valence-corrected chi connectivity index (χ2v) is 22.2. The van der Waals surface area contributed by atoms with Crippen molar-refractivity contribution in [2.75, 3.05) is 6.54 Å². The average molecular weight is 841 g/mol. The normalized spacial score (nSPS) is 37.7. The van der Waals surface area contributed by atoms with Crippen LogP contribution in [0.2, 0.25) is 0 Å². The molecular formula is C52H72N8O2. The predicted molar refractivity (Wildman–Crippen MR) is 247 cm³/mol. The fourth-order valence-corrected chi connectivity index (χ4v) is 14.9. The summed E-state index contributed by atoms with van der Waals surface area (Å²) in [5.41, 5.74) is 22.9. The molecule has 1 spiro atoms. The molecule has 4 heterocycles. The van der Waals surface area contributed by atoms with Crippen molar-refractivity contribution >= 4 is 28.8 Å². The third-order valence-electron chi connectivity index (χ3n) is 18.2. The summed E-state index contributed by atoms with van der Waals surface area (Å²) in [5, 5.41) is 7.73. The number of carbonyl (C=O) groups excluding carboxylic acids is 2. The van der Waals surface area contributed by atoms with Crippen LogP contribution in [0.1, 0.15) is 135 Å². The quantitative estimate of drug-likeness (QED) is 0.214. The molecule has 2 amide bonds. The molecule has 332 valence electrons. The van der Waals surface area contributed by atoms with Crippen molar-refractivity contribution in [2.24, 2.45) is 62.4 Å². The lowest BCUT2D eigenvalue weighted by atomic mass is 9.64. The minimum Gasteiger partial charge on any atom is -0.332 e. The van der Waals surface area contributed by atoms with E-state index >= 15 is 0 Å². The Hall–Kier alpha value is -3.44. The van der Waals surface area contributed by atoms with E-state index in [0.29, 0.717) is 41.2 Å².